The van der Waals surface area contributed by atoms with Crippen LogP contribution in [0.1, 0.15) is 18.4 Å². The third-order valence-electron chi connectivity index (χ3n) is 6.99. The van der Waals surface area contributed by atoms with Gasteiger partial charge in [0.15, 0.2) is 0 Å². The molecule has 0 aromatic heterocycles. The number of piperazine rings is 1. The number of ether oxygens (including phenoxy) is 2. The van der Waals surface area contributed by atoms with Crippen molar-refractivity contribution in [2.24, 2.45) is 5.92 Å². The number of hydrogen-bond acceptors (Lipinski definition) is 6. The molecule has 1 N–H and O–H groups in total. The summed E-state index contributed by atoms with van der Waals surface area (Å²) >= 11 is 0. The summed E-state index contributed by atoms with van der Waals surface area (Å²) in [5.74, 6) is 1.04. The first-order valence-corrected chi connectivity index (χ1v) is 11.4. The van der Waals surface area contributed by atoms with Gasteiger partial charge in [-0.25, -0.2) is 0 Å². The van der Waals surface area contributed by atoms with Crippen molar-refractivity contribution in [3.63, 3.8) is 0 Å². The standard InChI is InChI=1S/C23H32N4O4/c1-30-18-5-2-16-12-19(23(29)24-17-3-4-17)21-14-25(6-7-27(21)20(16)13-18)15-22(28)26-8-10-31-11-9-26/h2,5,13,17,19,21H,3-4,6-12,14-15H2,1H3,(H,24,29)/t19-,21+/m1/s1. The van der Waals surface area contributed by atoms with Crippen molar-refractivity contribution in [1.82, 2.24) is 15.1 Å². The molecule has 8 nitrogen and oxygen atoms in total. The van der Waals surface area contributed by atoms with E-state index in [0.29, 0.717) is 38.9 Å². The van der Waals surface area contributed by atoms with Crippen LogP contribution in [0.3, 0.4) is 0 Å². The minimum absolute atomic E-state index is 0.0598. The average molecular weight is 429 g/mol. The summed E-state index contributed by atoms with van der Waals surface area (Å²) in [5.41, 5.74) is 2.37. The van der Waals surface area contributed by atoms with Gasteiger partial charge in [0.05, 0.1) is 38.8 Å². The molecule has 0 radical (unpaired) electrons. The number of amides is 2. The molecule has 3 aliphatic heterocycles. The van der Waals surface area contributed by atoms with E-state index in [-0.39, 0.29) is 23.8 Å². The van der Waals surface area contributed by atoms with Crippen molar-refractivity contribution in [3.8, 4) is 5.75 Å². The molecule has 0 unspecified atom stereocenters. The second-order valence-electron chi connectivity index (χ2n) is 9.08. The van der Waals surface area contributed by atoms with Crippen LogP contribution in [-0.2, 0) is 20.7 Å². The van der Waals surface area contributed by atoms with Crippen LogP contribution in [0, 0.1) is 5.92 Å². The Hall–Kier alpha value is -2.32. The zero-order chi connectivity index (χ0) is 21.4. The van der Waals surface area contributed by atoms with Gasteiger partial charge >= 0.3 is 0 Å². The van der Waals surface area contributed by atoms with E-state index in [1.807, 2.05) is 11.0 Å². The van der Waals surface area contributed by atoms with E-state index in [4.69, 9.17) is 9.47 Å². The highest BCUT2D eigenvalue weighted by atomic mass is 16.5. The van der Waals surface area contributed by atoms with E-state index < -0.39 is 0 Å². The van der Waals surface area contributed by atoms with E-state index in [1.54, 1.807) is 7.11 Å². The second-order valence-corrected chi connectivity index (χ2v) is 9.08. The predicted octanol–water partition coefficient (Wildman–Crippen LogP) is 0.496. The topological polar surface area (TPSA) is 74.3 Å². The average Bonchev–Trinajstić information content (AvgIpc) is 3.62. The molecule has 168 valence electrons. The maximum absolute atomic E-state index is 13.1. The number of nitrogens with zero attached hydrogens (tertiary/aromatic N) is 3. The van der Waals surface area contributed by atoms with Gasteiger partial charge in [-0.3, -0.25) is 14.5 Å². The first-order chi connectivity index (χ1) is 15.1. The largest absolute Gasteiger partial charge is 0.497 e. The predicted molar refractivity (Wildman–Crippen MR) is 116 cm³/mol. The maximum atomic E-state index is 13.1. The SMILES string of the molecule is COc1ccc2c(c1)N1CCN(CC(=O)N3CCOCC3)C[C@H]1[C@H](C(=O)NC1CC1)C2. The van der Waals surface area contributed by atoms with Crippen LogP contribution >= 0.6 is 0 Å². The highest BCUT2D eigenvalue weighted by Crippen LogP contribution is 2.38. The molecular formula is C23H32N4O4. The highest BCUT2D eigenvalue weighted by Gasteiger charge is 2.43. The number of carbonyl (C=O) groups is 2. The fraction of sp³-hybridized carbons (Fsp3) is 0.652. The van der Waals surface area contributed by atoms with Gasteiger partial charge in [0, 0.05) is 50.5 Å². The van der Waals surface area contributed by atoms with Crippen LogP contribution in [0.2, 0.25) is 0 Å². The molecule has 1 aromatic rings. The molecule has 5 rings (SSSR count). The summed E-state index contributed by atoms with van der Waals surface area (Å²) in [4.78, 5) is 32.4. The molecule has 2 amide bonds. The summed E-state index contributed by atoms with van der Waals surface area (Å²) < 4.78 is 10.8. The van der Waals surface area contributed by atoms with Gasteiger partial charge in [-0.1, -0.05) is 6.07 Å². The van der Waals surface area contributed by atoms with Crippen molar-refractivity contribution in [1.29, 1.82) is 0 Å². The van der Waals surface area contributed by atoms with Crippen molar-refractivity contribution >= 4 is 17.5 Å². The molecular weight excluding hydrogens is 396 g/mol. The summed E-state index contributed by atoms with van der Waals surface area (Å²) in [5, 5.41) is 3.22. The van der Waals surface area contributed by atoms with E-state index in [9.17, 15) is 9.59 Å². The number of benzene rings is 1. The molecule has 2 saturated heterocycles. The summed E-state index contributed by atoms with van der Waals surface area (Å²) in [6.07, 6.45) is 2.89. The fourth-order valence-electron chi connectivity index (χ4n) is 5.05. The molecule has 3 heterocycles. The number of methoxy groups -OCH3 is 1. The van der Waals surface area contributed by atoms with Crippen LogP contribution in [-0.4, -0.2) is 93.3 Å². The van der Waals surface area contributed by atoms with Gasteiger partial charge in [-0.15, -0.1) is 0 Å². The van der Waals surface area contributed by atoms with E-state index >= 15 is 0 Å². The number of rotatable bonds is 5. The minimum Gasteiger partial charge on any atom is -0.497 e. The summed E-state index contributed by atoms with van der Waals surface area (Å²) in [7, 11) is 1.68. The Balaban J connectivity index is 1.34. The number of fused-ring (bicyclic) bond motifs is 3. The van der Waals surface area contributed by atoms with Crippen LogP contribution in [0.25, 0.3) is 0 Å². The van der Waals surface area contributed by atoms with E-state index in [0.717, 1.165) is 44.6 Å². The normalized spacial score (nSPS) is 26.1. The van der Waals surface area contributed by atoms with Gasteiger partial charge < -0.3 is 24.6 Å². The minimum atomic E-state index is -0.109. The number of anilines is 1. The van der Waals surface area contributed by atoms with Gasteiger partial charge in [0.2, 0.25) is 11.8 Å². The summed E-state index contributed by atoms with van der Waals surface area (Å²) in [6.45, 7) is 5.30. The zero-order valence-electron chi connectivity index (χ0n) is 18.2. The zero-order valence-corrected chi connectivity index (χ0v) is 18.2. The van der Waals surface area contributed by atoms with E-state index in [1.165, 1.54) is 11.3 Å². The molecule has 1 aliphatic carbocycles. The van der Waals surface area contributed by atoms with Gasteiger partial charge in [0.25, 0.3) is 0 Å². The van der Waals surface area contributed by atoms with Crippen LogP contribution in [0.5, 0.6) is 5.75 Å². The molecule has 0 spiro atoms. The number of hydrogen-bond donors (Lipinski definition) is 1. The first kappa shape index (κ1) is 20.6. The molecule has 8 heteroatoms. The highest BCUT2D eigenvalue weighted by molar-refractivity contribution is 5.83. The number of nitrogens with one attached hydrogen (secondary N) is 1. The lowest BCUT2D eigenvalue weighted by Gasteiger charge is -2.49. The molecule has 0 bridgehead atoms. The van der Waals surface area contributed by atoms with Crippen LogP contribution < -0.4 is 15.0 Å². The van der Waals surface area contributed by atoms with Crippen molar-refractivity contribution < 1.29 is 19.1 Å². The first-order valence-electron chi connectivity index (χ1n) is 11.4. The number of carbonyl (C=O) groups excluding carboxylic acids is 2. The van der Waals surface area contributed by atoms with Crippen molar-refractivity contribution in [2.45, 2.75) is 31.3 Å². The van der Waals surface area contributed by atoms with Crippen molar-refractivity contribution in [3.05, 3.63) is 23.8 Å². The van der Waals surface area contributed by atoms with Gasteiger partial charge in [-0.2, -0.15) is 0 Å². The Labute approximate surface area is 183 Å². The Bertz CT molecular complexity index is 837. The molecule has 31 heavy (non-hydrogen) atoms. The number of morpholine rings is 1. The Morgan fingerprint density at radius 1 is 1.16 bits per heavy atom. The lowest BCUT2D eigenvalue weighted by molar-refractivity contribution is -0.136. The monoisotopic (exact) mass is 428 g/mol. The maximum Gasteiger partial charge on any atom is 0.236 e. The molecule has 1 aromatic carbocycles. The lowest BCUT2D eigenvalue weighted by Crippen LogP contribution is -2.62. The second kappa shape index (κ2) is 8.67. The Morgan fingerprint density at radius 3 is 2.71 bits per heavy atom. The van der Waals surface area contributed by atoms with Gasteiger partial charge in [0.1, 0.15) is 5.75 Å². The van der Waals surface area contributed by atoms with Crippen LogP contribution in [0.4, 0.5) is 5.69 Å². The molecule has 1 saturated carbocycles. The van der Waals surface area contributed by atoms with Crippen molar-refractivity contribution in [2.75, 3.05) is 64.5 Å². The Morgan fingerprint density at radius 2 is 1.97 bits per heavy atom. The van der Waals surface area contributed by atoms with Crippen LogP contribution in [0.15, 0.2) is 18.2 Å². The quantitative estimate of drug-likeness (QED) is 0.736. The molecule has 4 aliphatic rings. The smallest absolute Gasteiger partial charge is 0.236 e. The van der Waals surface area contributed by atoms with E-state index in [2.05, 4.69) is 27.2 Å². The Kier molecular flexibility index (Phi) is 5.75. The fourth-order valence-corrected chi connectivity index (χ4v) is 5.05. The third-order valence-corrected chi connectivity index (χ3v) is 6.99. The lowest BCUT2D eigenvalue weighted by atomic mass is 9.83. The summed E-state index contributed by atoms with van der Waals surface area (Å²) in [6, 6.07) is 6.57. The molecule has 2 atom stereocenters. The molecule has 3 fully saturated rings. The van der Waals surface area contributed by atoms with Gasteiger partial charge in [-0.05, 0) is 30.9 Å². The third kappa shape index (κ3) is 4.36.